The Kier molecular flexibility index (Phi) is 3.76. The number of nitrogens with one attached hydrogen (secondary N) is 1. The zero-order valence-electron chi connectivity index (χ0n) is 11.7. The highest BCUT2D eigenvalue weighted by Gasteiger charge is 2.41. The number of carbonyl (C=O) groups is 2. The van der Waals surface area contributed by atoms with E-state index in [4.69, 9.17) is 0 Å². The molecule has 0 aromatic rings. The minimum atomic E-state index is -0.386. The third-order valence-corrected chi connectivity index (χ3v) is 4.36. The minimum absolute atomic E-state index is 0.0810. The molecule has 1 N–H and O–H groups in total. The number of ketones is 1. The van der Waals surface area contributed by atoms with Gasteiger partial charge in [-0.25, -0.2) is 0 Å². The van der Waals surface area contributed by atoms with E-state index in [1.54, 1.807) is 7.05 Å². The van der Waals surface area contributed by atoms with Crippen LogP contribution in [0, 0.1) is 5.41 Å². The Labute approximate surface area is 109 Å². The van der Waals surface area contributed by atoms with Gasteiger partial charge in [-0.2, -0.15) is 0 Å². The molecule has 0 spiro atoms. The summed E-state index contributed by atoms with van der Waals surface area (Å²) in [6.07, 6.45) is 4.79. The van der Waals surface area contributed by atoms with Crippen molar-refractivity contribution < 1.29 is 9.59 Å². The molecule has 102 valence electrons. The van der Waals surface area contributed by atoms with Gasteiger partial charge in [0.05, 0.1) is 5.41 Å². The second kappa shape index (κ2) is 5.00. The van der Waals surface area contributed by atoms with Crippen LogP contribution in [0.4, 0.5) is 0 Å². The first-order valence-electron chi connectivity index (χ1n) is 6.93. The quantitative estimate of drug-likeness (QED) is 0.824. The summed E-state index contributed by atoms with van der Waals surface area (Å²) < 4.78 is 0. The van der Waals surface area contributed by atoms with Gasteiger partial charge in [-0.1, -0.05) is 6.42 Å². The molecule has 2 rings (SSSR count). The first-order chi connectivity index (χ1) is 8.44. The van der Waals surface area contributed by atoms with Crippen LogP contribution in [0.25, 0.3) is 0 Å². The van der Waals surface area contributed by atoms with E-state index in [0.29, 0.717) is 30.7 Å². The molecule has 0 aromatic heterocycles. The van der Waals surface area contributed by atoms with E-state index in [2.05, 4.69) is 10.2 Å². The van der Waals surface area contributed by atoms with Gasteiger partial charge in [-0.05, 0) is 26.7 Å². The molecular formula is C14H24N2O2. The fourth-order valence-corrected chi connectivity index (χ4v) is 3.39. The number of hydrogen-bond acceptors (Lipinski definition) is 3. The third-order valence-electron chi connectivity index (χ3n) is 4.36. The van der Waals surface area contributed by atoms with Crippen molar-refractivity contribution in [2.24, 2.45) is 5.41 Å². The summed E-state index contributed by atoms with van der Waals surface area (Å²) >= 11 is 0. The zero-order chi connectivity index (χ0) is 13.3. The zero-order valence-corrected chi connectivity index (χ0v) is 11.7. The molecule has 2 aliphatic heterocycles. The number of nitrogens with zero attached hydrogens (tertiary/aromatic N) is 1. The highest BCUT2D eigenvalue weighted by Crippen LogP contribution is 2.34. The number of Topliss-reactive ketones (excluding diaryl/α,β-unsaturated/α-hetero) is 1. The van der Waals surface area contributed by atoms with Crippen molar-refractivity contribution in [2.75, 3.05) is 13.6 Å². The Balaban J connectivity index is 2.09. The van der Waals surface area contributed by atoms with E-state index in [9.17, 15) is 9.59 Å². The van der Waals surface area contributed by atoms with Crippen molar-refractivity contribution >= 4 is 11.7 Å². The summed E-state index contributed by atoms with van der Waals surface area (Å²) in [5.74, 6) is 0.483. The molecule has 1 amide bonds. The lowest BCUT2D eigenvalue weighted by Gasteiger charge is -2.48. The van der Waals surface area contributed by atoms with Gasteiger partial charge < -0.3 is 5.32 Å². The van der Waals surface area contributed by atoms with E-state index in [-0.39, 0.29) is 11.3 Å². The van der Waals surface area contributed by atoms with E-state index in [1.807, 2.05) is 13.8 Å². The van der Waals surface area contributed by atoms with Crippen molar-refractivity contribution in [1.82, 2.24) is 10.2 Å². The molecule has 0 aromatic carbocycles. The maximum atomic E-state index is 11.9. The Morgan fingerprint density at radius 3 is 2.39 bits per heavy atom. The minimum Gasteiger partial charge on any atom is -0.359 e. The maximum Gasteiger partial charge on any atom is 0.226 e. The number of fused-ring (bicyclic) bond motifs is 2. The monoisotopic (exact) mass is 252 g/mol. The molecule has 2 atom stereocenters. The topological polar surface area (TPSA) is 49.4 Å². The molecule has 2 bridgehead atoms. The van der Waals surface area contributed by atoms with Crippen LogP contribution >= 0.6 is 0 Å². The van der Waals surface area contributed by atoms with Gasteiger partial charge in [0.2, 0.25) is 5.91 Å². The predicted octanol–water partition coefficient (Wildman–Crippen LogP) is 1.34. The molecule has 2 fully saturated rings. The Hall–Kier alpha value is -0.900. The van der Waals surface area contributed by atoms with Gasteiger partial charge in [0.15, 0.2) is 0 Å². The number of carbonyl (C=O) groups excluding carboxylic acids is 2. The van der Waals surface area contributed by atoms with E-state index in [0.717, 1.165) is 19.4 Å². The summed E-state index contributed by atoms with van der Waals surface area (Å²) in [5, 5.41) is 2.74. The normalized spacial score (nSPS) is 29.2. The summed E-state index contributed by atoms with van der Waals surface area (Å²) in [4.78, 5) is 26.0. The SMILES string of the molecule is CNC(=O)C(C)(C)CN1C2CCCC1CC(=O)C2. The van der Waals surface area contributed by atoms with E-state index in [1.165, 1.54) is 6.42 Å². The largest absolute Gasteiger partial charge is 0.359 e. The van der Waals surface area contributed by atoms with Crippen LogP contribution in [-0.4, -0.2) is 42.3 Å². The van der Waals surface area contributed by atoms with Crippen molar-refractivity contribution in [2.45, 2.75) is 58.0 Å². The smallest absolute Gasteiger partial charge is 0.226 e. The lowest BCUT2D eigenvalue weighted by molar-refractivity contribution is -0.134. The molecule has 2 aliphatic rings. The molecule has 18 heavy (non-hydrogen) atoms. The fraction of sp³-hybridized carbons (Fsp3) is 0.857. The third kappa shape index (κ3) is 2.58. The van der Waals surface area contributed by atoms with Crippen LogP contribution in [0.1, 0.15) is 46.0 Å². The summed E-state index contributed by atoms with van der Waals surface area (Å²) in [5.41, 5.74) is -0.386. The van der Waals surface area contributed by atoms with Crippen LogP contribution in [-0.2, 0) is 9.59 Å². The number of amides is 1. The Morgan fingerprint density at radius 1 is 1.33 bits per heavy atom. The van der Waals surface area contributed by atoms with Gasteiger partial charge in [-0.15, -0.1) is 0 Å². The van der Waals surface area contributed by atoms with Crippen LogP contribution in [0.2, 0.25) is 0 Å². The average Bonchev–Trinajstić information content (AvgIpc) is 2.29. The van der Waals surface area contributed by atoms with Crippen molar-refractivity contribution in [1.29, 1.82) is 0 Å². The second-order valence-corrected chi connectivity index (χ2v) is 6.32. The van der Waals surface area contributed by atoms with Gasteiger partial charge in [0, 0.05) is 38.5 Å². The van der Waals surface area contributed by atoms with Crippen LogP contribution in [0.3, 0.4) is 0 Å². The van der Waals surface area contributed by atoms with E-state index >= 15 is 0 Å². The second-order valence-electron chi connectivity index (χ2n) is 6.32. The lowest BCUT2D eigenvalue weighted by Crippen LogP contribution is -2.56. The Morgan fingerprint density at radius 2 is 1.89 bits per heavy atom. The van der Waals surface area contributed by atoms with Gasteiger partial charge in [0.25, 0.3) is 0 Å². The van der Waals surface area contributed by atoms with Crippen LogP contribution in [0.15, 0.2) is 0 Å². The number of piperidine rings is 2. The molecule has 0 radical (unpaired) electrons. The molecular weight excluding hydrogens is 228 g/mol. The maximum absolute atomic E-state index is 11.9. The highest BCUT2D eigenvalue weighted by molar-refractivity contribution is 5.82. The average molecular weight is 252 g/mol. The van der Waals surface area contributed by atoms with E-state index < -0.39 is 0 Å². The summed E-state index contributed by atoms with van der Waals surface area (Å²) in [7, 11) is 1.69. The molecule has 2 heterocycles. The van der Waals surface area contributed by atoms with Crippen LogP contribution < -0.4 is 5.32 Å². The molecule has 0 aliphatic carbocycles. The lowest BCUT2D eigenvalue weighted by atomic mass is 9.81. The van der Waals surface area contributed by atoms with Crippen molar-refractivity contribution in [3.63, 3.8) is 0 Å². The molecule has 2 saturated heterocycles. The van der Waals surface area contributed by atoms with Crippen molar-refractivity contribution in [3.05, 3.63) is 0 Å². The Bertz CT molecular complexity index is 336. The first kappa shape index (κ1) is 13.5. The molecule has 4 heteroatoms. The standard InChI is InChI=1S/C14H24N2O2/c1-14(2,13(18)15-3)9-16-10-5-4-6-11(16)8-12(17)7-10/h10-11H,4-9H2,1-3H3,(H,15,18). The highest BCUT2D eigenvalue weighted by atomic mass is 16.2. The fourth-order valence-electron chi connectivity index (χ4n) is 3.39. The summed E-state index contributed by atoms with van der Waals surface area (Å²) in [6, 6.07) is 0.739. The van der Waals surface area contributed by atoms with Gasteiger partial charge in [0.1, 0.15) is 5.78 Å². The van der Waals surface area contributed by atoms with Gasteiger partial charge in [-0.3, -0.25) is 14.5 Å². The van der Waals surface area contributed by atoms with Crippen LogP contribution in [0.5, 0.6) is 0 Å². The number of hydrogen-bond donors (Lipinski definition) is 1. The molecule has 2 unspecified atom stereocenters. The predicted molar refractivity (Wildman–Crippen MR) is 70.2 cm³/mol. The molecule has 4 nitrogen and oxygen atoms in total. The van der Waals surface area contributed by atoms with Crippen molar-refractivity contribution in [3.8, 4) is 0 Å². The first-order valence-corrected chi connectivity index (χ1v) is 6.93. The summed E-state index contributed by atoms with van der Waals surface area (Å²) in [6.45, 7) is 4.73. The van der Waals surface area contributed by atoms with Gasteiger partial charge >= 0.3 is 0 Å². The number of rotatable bonds is 3. The molecule has 0 saturated carbocycles.